The molecule has 2 aliphatic carbocycles. The number of rotatable bonds is 4. The van der Waals surface area contributed by atoms with Gasteiger partial charge in [0.15, 0.2) is 0 Å². The molecule has 3 rings (SSSR count). The Balaban J connectivity index is 1.62. The first kappa shape index (κ1) is 13.4. The standard InChI is InChI=1S/C15H22N4O/c1-9-4-14(19-16)13(8-17-9)15(20)18-7-12-6-10-2-3-11(12)5-10/h4,8,10-12H,2-3,5-7,16H2,1H3,(H,17,19)(H,18,20). The topological polar surface area (TPSA) is 80.0 Å². The molecular weight excluding hydrogens is 252 g/mol. The van der Waals surface area contributed by atoms with Gasteiger partial charge in [-0.2, -0.15) is 0 Å². The second-order valence-corrected chi connectivity index (χ2v) is 6.16. The first-order valence-electron chi connectivity index (χ1n) is 7.39. The third-order valence-electron chi connectivity index (χ3n) is 4.85. The van der Waals surface area contributed by atoms with E-state index in [1.165, 1.54) is 25.7 Å². The zero-order valence-corrected chi connectivity index (χ0v) is 11.9. The summed E-state index contributed by atoms with van der Waals surface area (Å²) in [6.07, 6.45) is 6.95. The third kappa shape index (κ3) is 2.50. The van der Waals surface area contributed by atoms with Gasteiger partial charge < -0.3 is 10.7 Å². The fourth-order valence-electron chi connectivity index (χ4n) is 3.81. The minimum Gasteiger partial charge on any atom is -0.352 e. The second-order valence-electron chi connectivity index (χ2n) is 6.16. The van der Waals surface area contributed by atoms with E-state index in [4.69, 9.17) is 5.84 Å². The fraction of sp³-hybridized carbons (Fsp3) is 0.600. The van der Waals surface area contributed by atoms with E-state index < -0.39 is 0 Å². The Morgan fingerprint density at radius 1 is 1.45 bits per heavy atom. The van der Waals surface area contributed by atoms with Crippen molar-refractivity contribution in [2.75, 3.05) is 12.0 Å². The van der Waals surface area contributed by atoms with Gasteiger partial charge in [0, 0.05) is 18.4 Å². The normalized spacial score (nSPS) is 27.6. The highest BCUT2D eigenvalue weighted by Crippen LogP contribution is 2.47. The number of carbonyl (C=O) groups is 1. The van der Waals surface area contributed by atoms with E-state index in [0.29, 0.717) is 17.2 Å². The van der Waals surface area contributed by atoms with Crippen molar-refractivity contribution in [3.63, 3.8) is 0 Å². The number of nitrogens with one attached hydrogen (secondary N) is 2. The van der Waals surface area contributed by atoms with Gasteiger partial charge in [0.25, 0.3) is 5.91 Å². The van der Waals surface area contributed by atoms with Crippen LogP contribution in [0.15, 0.2) is 12.3 Å². The Bertz CT molecular complexity index is 517. The van der Waals surface area contributed by atoms with Crippen LogP contribution in [-0.4, -0.2) is 17.4 Å². The summed E-state index contributed by atoms with van der Waals surface area (Å²) in [5.41, 5.74) is 4.55. The molecule has 5 nitrogen and oxygen atoms in total. The van der Waals surface area contributed by atoms with Crippen LogP contribution >= 0.6 is 0 Å². The largest absolute Gasteiger partial charge is 0.352 e. The van der Waals surface area contributed by atoms with Crippen molar-refractivity contribution in [2.24, 2.45) is 23.6 Å². The van der Waals surface area contributed by atoms with Crippen molar-refractivity contribution in [1.29, 1.82) is 0 Å². The van der Waals surface area contributed by atoms with Gasteiger partial charge in [-0.3, -0.25) is 15.6 Å². The highest BCUT2D eigenvalue weighted by Gasteiger charge is 2.39. The summed E-state index contributed by atoms with van der Waals surface area (Å²) in [7, 11) is 0. The number of fused-ring (bicyclic) bond motifs is 2. The van der Waals surface area contributed by atoms with E-state index >= 15 is 0 Å². The maximum Gasteiger partial charge on any atom is 0.255 e. The molecule has 108 valence electrons. The van der Waals surface area contributed by atoms with Gasteiger partial charge in [-0.25, -0.2) is 0 Å². The van der Waals surface area contributed by atoms with Gasteiger partial charge in [-0.15, -0.1) is 0 Å². The number of hydrogen-bond acceptors (Lipinski definition) is 4. The molecule has 1 amide bonds. The molecule has 0 spiro atoms. The predicted octanol–water partition coefficient (Wildman–Crippen LogP) is 1.84. The quantitative estimate of drug-likeness (QED) is 0.578. The number of nitrogens with zero attached hydrogens (tertiary/aromatic N) is 1. The maximum absolute atomic E-state index is 12.3. The minimum absolute atomic E-state index is 0.0896. The van der Waals surface area contributed by atoms with Crippen LogP contribution in [0.4, 0.5) is 5.69 Å². The van der Waals surface area contributed by atoms with Crippen LogP contribution in [0.3, 0.4) is 0 Å². The Kier molecular flexibility index (Phi) is 3.61. The van der Waals surface area contributed by atoms with Gasteiger partial charge in [-0.05, 0) is 50.0 Å². The molecule has 3 atom stereocenters. The van der Waals surface area contributed by atoms with Crippen molar-refractivity contribution in [3.05, 3.63) is 23.5 Å². The lowest BCUT2D eigenvalue weighted by Crippen LogP contribution is -2.32. The van der Waals surface area contributed by atoms with Gasteiger partial charge in [0.2, 0.25) is 0 Å². The highest BCUT2D eigenvalue weighted by molar-refractivity contribution is 5.99. The summed E-state index contributed by atoms with van der Waals surface area (Å²) in [6, 6.07) is 1.78. The lowest BCUT2D eigenvalue weighted by Gasteiger charge is -2.22. The first-order chi connectivity index (χ1) is 9.67. The van der Waals surface area contributed by atoms with Crippen LogP contribution in [0, 0.1) is 24.7 Å². The number of anilines is 1. The molecule has 0 aromatic carbocycles. The van der Waals surface area contributed by atoms with E-state index in [1.54, 1.807) is 12.3 Å². The Hall–Kier alpha value is -1.62. The molecule has 2 fully saturated rings. The number of aromatic nitrogens is 1. The number of nitrogen functional groups attached to an aromatic ring is 1. The molecule has 5 heteroatoms. The van der Waals surface area contributed by atoms with Gasteiger partial charge in [0.05, 0.1) is 11.3 Å². The van der Waals surface area contributed by atoms with Crippen molar-refractivity contribution >= 4 is 11.6 Å². The van der Waals surface area contributed by atoms with Crippen LogP contribution in [0.2, 0.25) is 0 Å². The van der Waals surface area contributed by atoms with Crippen molar-refractivity contribution in [2.45, 2.75) is 32.6 Å². The molecule has 0 radical (unpaired) electrons. The average molecular weight is 274 g/mol. The molecule has 1 aromatic heterocycles. The van der Waals surface area contributed by atoms with E-state index in [9.17, 15) is 4.79 Å². The highest BCUT2D eigenvalue weighted by atomic mass is 16.1. The summed E-state index contributed by atoms with van der Waals surface area (Å²) in [5, 5.41) is 3.05. The number of hydrogen-bond donors (Lipinski definition) is 3. The Labute approximate surface area is 119 Å². The Morgan fingerprint density at radius 2 is 2.30 bits per heavy atom. The van der Waals surface area contributed by atoms with E-state index in [0.717, 1.165) is 24.1 Å². The van der Waals surface area contributed by atoms with Crippen LogP contribution in [-0.2, 0) is 0 Å². The van der Waals surface area contributed by atoms with Crippen LogP contribution < -0.4 is 16.6 Å². The SMILES string of the molecule is Cc1cc(NN)c(C(=O)NCC2CC3CCC2C3)cn1. The molecule has 1 heterocycles. The lowest BCUT2D eigenvalue weighted by atomic mass is 9.89. The fourth-order valence-corrected chi connectivity index (χ4v) is 3.81. The predicted molar refractivity (Wildman–Crippen MR) is 78.1 cm³/mol. The molecule has 0 saturated heterocycles. The molecule has 4 N–H and O–H groups in total. The molecule has 2 aliphatic rings. The molecule has 1 aromatic rings. The summed E-state index contributed by atoms with van der Waals surface area (Å²) in [6.45, 7) is 2.65. The first-order valence-corrected chi connectivity index (χ1v) is 7.39. The van der Waals surface area contributed by atoms with Gasteiger partial charge >= 0.3 is 0 Å². The zero-order valence-electron chi connectivity index (χ0n) is 11.9. The van der Waals surface area contributed by atoms with Crippen LogP contribution in [0.25, 0.3) is 0 Å². The average Bonchev–Trinajstić information content (AvgIpc) is 3.07. The molecular formula is C15H22N4O. The molecule has 0 aliphatic heterocycles. The molecule has 2 saturated carbocycles. The van der Waals surface area contributed by atoms with E-state index in [2.05, 4.69) is 15.7 Å². The molecule has 2 bridgehead atoms. The molecule has 3 unspecified atom stereocenters. The Morgan fingerprint density at radius 3 is 2.95 bits per heavy atom. The molecule has 20 heavy (non-hydrogen) atoms. The number of pyridine rings is 1. The lowest BCUT2D eigenvalue weighted by molar-refractivity contribution is 0.0942. The number of hydrazine groups is 1. The minimum atomic E-state index is -0.0896. The summed E-state index contributed by atoms with van der Waals surface area (Å²) < 4.78 is 0. The monoisotopic (exact) mass is 274 g/mol. The van der Waals surface area contributed by atoms with E-state index in [-0.39, 0.29) is 5.91 Å². The van der Waals surface area contributed by atoms with Crippen molar-refractivity contribution in [3.8, 4) is 0 Å². The summed E-state index contributed by atoms with van der Waals surface area (Å²) in [5.74, 6) is 7.76. The van der Waals surface area contributed by atoms with E-state index in [1.807, 2.05) is 6.92 Å². The smallest absolute Gasteiger partial charge is 0.255 e. The number of aryl methyl sites for hydroxylation is 1. The van der Waals surface area contributed by atoms with Crippen molar-refractivity contribution in [1.82, 2.24) is 10.3 Å². The third-order valence-corrected chi connectivity index (χ3v) is 4.85. The van der Waals surface area contributed by atoms with Gasteiger partial charge in [-0.1, -0.05) is 6.42 Å². The number of amides is 1. The zero-order chi connectivity index (χ0) is 14.1. The van der Waals surface area contributed by atoms with Crippen LogP contribution in [0.1, 0.15) is 41.7 Å². The number of carbonyl (C=O) groups excluding carboxylic acids is 1. The van der Waals surface area contributed by atoms with Crippen molar-refractivity contribution < 1.29 is 4.79 Å². The summed E-state index contributed by atoms with van der Waals surface area (Å²) >= 11 is 0. The van der Waals surface area contributed by atoms with Gasteiger partial charge in [0.1, 0.15) is 0 Å². The number of nitrogens with two attached hydrogens (primary N) is 1. The maximum atomic E-state index is 12.3. The second kappa shape index (κ2) is 5.40. The summed E-state index contributed by atoms with van der Waals surface area (Å²) in [4.78, 5) is 16.4. The van der Waals surface area contributed by atoms with Crippen LogP contribution in [0.5, 0.6) is 0 Å².